The van der Waals surface area contributed by atoms with Gasteiger partial charge < -0.3 is 9.88 Å². The zero-order valence-electron chi connectivity index (χ0n) is 22.3. The van der Waals surface area contributed by atoms with Crippen molar-refractivity contribution < 1.29 is 13.2 Å². The molecule has 8 nitrogen and oxygen atoms in total. The number of nitrogens with one attached hydrogen (secondary N) is 1. The van der Waals surface area contributed by atoms with Gasteiger partial charge in [-0.3, -0.25) is 9.78 Å². The summed E-state index contributed by atoms with van der Waals surface area (Å²) in [6, 6.07) is 15.9. The van der Waals surface area contributed by atoms with Crippen molar-refractivity contribution in [3.63, 3.8) is 0 Å². The highest BCUT2D eigenvalue weighted by Gasteiger charge is 2.40. The molecule has 0 unspecified atom stereocenters. The van der Waals surface area contributed by atoms with Crippen LogP contribution in [0.3, 0.4) is 0 Å². The topological polar surface area (TPSA) is 99.3 Å². The Balaban J connectivity index is 1.07. The van der Waals surface area contributed by atoms with Crippen LogP contribution in [0.25, 0.3) is 22.5 Å². The lowest BCUT2D eigenvalue weighted by Gasteiger charge is -2.31. The summed E-state index contributed by atoms with van der Waals surface area (Å²) in [6.07, 6.45) is 6.88. The number of rotatable bonds is 8. The summed E-state index contributed by atoms with van der Waals surface area (Å²) < 4.78 is 26.6. The molecule has 6 rings (SSSR count). The Labute approximate surface area is 249 Å². The zero-order chi connectivity index (χ0) is 28.6. The van der Waals surface area contributed by atoms with Gasteiger partial charge in [0.25, 0.3) is 15.9 Å². The molecule has 212 valence electrons. The maximum atomic E-state index is 12.8. The molecule has 1 amide bonds. The Bertz CT molecular complexity index is 1690. The van der Waals surface area contributed by atoms with Crippen LogP contribution in [-0.2, 0) is 10.0 Å². The van der Waals surface area contributed by atoms with Crippen LogP contribution in [0.2, 0.25) is 10.0 Å². The van der Waals surface area contributed by atoms with Gasteiger partial charge in [-0.1, -0.05) is 41.4 Å². The predicted octanol–water partition coefficient (Wildman–Crippen LogP) is 6.25. The first-order chi connectivity index (χ1) is 19.8. The Morgan fingerprint density at radius 2 is 1.63 bits per heavy atom. The average molecular weight is 611 g/mol. The highest BCUT2D eigenvalue weighted by Crippen LogP contribution is 2.37. The number of amides is 1. The van der Waals surface area contributed by atoms with E-state index in [0.29, 0.717) is 16.5 Å². The first-order valence-electron chi connectivity index (χ1n) is 13.7. The summed E-state index contributed by atoms with van der Waals surface area (Å²) in [5.74, 6) is 0.815. The monoisotopic (exact) mass is 609 g/mol. The average Bonchev–Trinajstić information content (AvgIpc) is 3.51. The number of piperidine rings is 1. The van der Waals surface area contributed by atoms with Gasteiger partial charge in [-0.2, -0.15) is 0 Å². The summed E-state index contributed by atoms with van der Waals surface area (Å²) in [4.78, 5) is 27.9. The van der Waals surface area contributed by atoms with Gasteiger partial charge in [0.1, 0.15) is 10.7 Å². The third-order valence-electron chi connectivity index (χ3n) is 7.86. The predicted molar refractivity (Wildman–Crippen MR) is 160 cm³/mol. The second-order valence-electron chi connectivity index (χ2n) is 10.4. The minimum atomic E-state index is -3.74. The molecule has 1 fully saturated rings. The molecular formula is C30H29Cl2N5O3S. The largest absolute Gasteiger partial charge is 0.341 e. The van der Waals surface area contributed by atoms with E-state index < -0.39 is 15.9 Å². The van der Waals surface area contributed by atoms with Crippen molar-refractivity contribution in [2.24, 2.45) is 0 Å². The first kappa shape index (κ1) is 27.9. The molecule has 4 heterocycles. The van der Waals surface area contributed by atoms with Crippen molar-refractivity contribution >= 4 is 39.1 Å². The van der Waals surface area contributed by atoms with Crippen LogP contribution >= 0.6 is 23.2 Å². The molecule has 0 atom stereocenters. The molecule has 0 saturated carbocycles. The molecular weight excluding hydrogens is 581 g/mol. The number of imidazole rings is 1. The Morgan fingerprint density at radius 1 is 0.902 bits per heavy atom. The second kappa shape index (κ2) is 11.6. The van der Waals surface area contributed by atoms with Crippen LogP contribution in [0.5, 0.6) is 0 Å². The fourth-order valence-corrected chi connectivity index (χ4v) is 7.54. The lowest BCUT2D eigenvalue weighted by atomic mass is 9.96. The fourth-order valence-electron chi connectivity index (χ4n) is 5.64. The minimum Gasteiger partial charge on any atom is -0.341 e. The van der Waals surface area contributed by atoms with Crippen LogP contribution in [0, 0.1) is 0 Å². The Morgan fingerprint density at radius 3 is 2.37 bits per heavy atom. The fraction of sp³-hybridized carbons (Fsp3) is 0.300. The highest BCUT2D eigenvalue weighted by molar-refractivity contribution is 7.90. The summed E-state index contributed by atoms with van der Waals surface area (Å²) >= 11 is 12.5. The normalized spacial score (nSPS) is 17.2. The van der Waals surface area contributed by atoms with Crippen LogP contribution < -0.4 is 0 Å². The molecule has 2 aromatic heterocycles. The molecule has 2 aliphatic rings. The SMILES string of the molecule is O=C1c2ccccc2S(=O)(=O)N1CCCCN1CCC(c2nc(-c3ccc(Cl)c(Cl)c3)c(-c3ccncc3)[nH]2)CC1. The summed E-state index contributed by atoms with van der Waals surface area (Å²) in [6.45, 7) is 2.90. The number of carbonyl (C=O) groups is 1. The summed E-state index contributed by atoms with van der Waals surface area (Å²) in [7, 11) is -3.74. The quantitative estimate of drug-likeness (QED) is 0.237. The van der Waals surface area contributed by atoms with Crippen molar-refractivity contribution in [3.8, 4) is 22.5 Å². The Hall–Kier alpha value is -3.24. The number of aromatic nitrogens is 3. The van der Waals surface area contributed by atoms with E-state index in [9.17, 15) is 13.2 Å². The number of fused-ring (bicyclic) bond motifs is 1. The molecule has 41 heavy (non-hydrogen) atoms. The van der Waals surface area contributed by atoms with E-state index in [2.05, 4.69) is 14.9 Å². The zero-order valence-corrected chi connectivity index (χ0v) is 24.6. The number of likely N-dealkylation sites (tertiary alicyclic amines) is 1. The number of benzene rings is 2. The van der Waals surface area contributed by atoms with E-state index in [0.717, 1.165) is 71.5 Å². The van der Waals surface area contributed by atoms with E-state index in [-0.39, 0.29) is 22.9 Å². The third-order valence-corrected chi connectivity index (χ3v) is 10.4. The number of sulfonamides is 1. The number of halogens is 2. The number of pyridine rings is 1. The van der Waals surface area contributed by atoms with Gasteiger partial charge >= 0.3 is 0 Å². The van der Waals surface area contributed by atoms with E-state index in [1.807, 2.05) is 24.3 Å². The van der Waals surface area contributed by atoms with E-state index >= 15 is 0 Å². The highest BCUT2D eigenvalue weighted by atomic mass is 35.5. The van der Waals surface area contributed by atoms with Gasteiger partial charge in [-0.05, 0) is 81.7 Å². The summed E-state index contributed by atoms with van der Waals surface area (Å²) in [5.41, 5.74) is 3.92. The van der Waals surface area contributed by atoms with Gasteiger partial charge in [-0.15, -0.1) is 0 Å². The number of unbranched alkanes of at least 4 members (excludes halogenated alkanes) is 1. The third kappa shape index (κ3) is 5.51. The number of carbonyl (C=O) groups excluding carboxylic acids is 1. The molecule has 0 spiro atoms. The number of nitrogens with zero attached hydrogens (tertiary/aromatic N) is 4. The lowest BCUT2D eigenvalue weighted by Crippen LogP contribution is -2.35. The molecule has 2 aliphatic heterocycles. The van der Waals surface area contributed by atoms with Crippen LogP contribution in [0.1, 0.15) is 47.8 Å². The second-order valence-corrected chi connectivity index (χ2v) is 13.1. The van der Waals surface area contributed by atoms with Crippen molar-refractivity contribution in [3.05, 3.63) is 88.4 Å². The molecule has 1 N–H and O–H groups in total. The molecule has 1 saturated heterocycles. The van der Waals surface area contributed by atoms with Crippen molar-refractivity contribution in [2.75, 3.05) is 26.2 Å². The van der Waals surface area contributed by atoms with Crippen LogP contribution in [0.15, 0.2) is 71.9 Å². The van der Waals surface area contributed by atoms with Crippen LogP contribution in [-0.4, -0.2) is 64.7 Å². The number of aromatic amines is 1. The molecule has 0 aliphatic carbocycles. The molecule has 0 radical (unpaired) electrons. The molecule has 4 aromatic rings. The van der Waals surface area contributed by atoms with Gasteiger partial charge in [0, 0.05) is 36.0 Å². The lowest BCUT2D eigenvalue weighted by molar-refractivity contribution is 0.0868. The van der Waals surface area contributed by atoms with Crippen LogP contribution in [0.4, 0.5) is 0 Å². The van der Waals surface area contributed by atoms with Crippen molar-refractivity contribution in [1.29, 1.82) is 0 Å². The van der Waals surface area contributed by atoms with Crippen molar-refractivity contribution in [1.82, 2.24) is 24.2 Å². The van der Waals surface area contributed by atoms with E-state index in [1.165, 1.54) is 6.07 Å². The number of H-pyrrole nitrogens is 1. The van der Waals surface area contributed by atoms with Gasteiger partial charge in [-0.25, -0.2) is 17.7 Å². The molecule has 11 heteroatoms. The first-order valence-corrected chi connectivity index (χ1v) is 15.9. The molecule has 0 bridgehead atoms. The van der Waals surface area contributed by atoms with Gasteiger partial charge in [0.2, 0.25) is 0 Å². The maximum absolute atomic E-state index is 12.8. The standard InChI is InChI=1S/C30H29Cl2N5O3S/c31-24-8-7-22(19-25(24)32)28-27(20-9-13-33-14-10-20)34-29(35-28)21-11-17-36(18-12-21)15-3-4-16-37-30(38)23-5-1-2-6-26(23)41(37,39)40/h1-2,5-10,13-14,19,21H,3-4,11-12,15-18H2,(H,34,35). The number of hydrogen-bond acceptors (Lipinski definition) is 6. The van der Waals surface area contributed by atoms with Gasteiger partial charge in [0.15, 0.2) is 0 Å². The smallest absolute Gasteiger partial charge is 0.269 e. The summed E-state index contributed by atoms with van der Waals surface area (Å²) in [5, 5.41) is 0.988. The van der Waals surface area contributed by atoms with Crippen molar-refractivity contribution in [2.45, 2.75) is 36.5 Å². The number of hydrogen-bond donors (Lipinski definition) is 1. The molecule has 2 aromatic carbocycles. The minimum absolute atomic E-state index is 0.111. The van der Waals surface area contributed by atoms with E-state index in [1.54, 1.807) is 36.7 Å². The maximum Gasteiger partial charge on any atom is 0.269 e. The van der Waals surface area contributed by atoms with Gasteiger partial charge in [0.05, 0.1) is 27.0 Å². The Kier molecular flexibility index (Phi) is 7.87. The van der Waals surface area contributed by atoms with E-state index in [4.69, 9.17) is 28.2 Å².